The molecule has 1 aromatic heterocycles. The zero-order chi connectivity index (χ0) is 16.2. The molecule has 23 heavy (non-hydrogen) atoms. The van der Waals surface area contributed by atoms with E-state index in [4.69, 9.17) is 12.2 Å². The van der Waals surface area contributed by atoms with E-state index in [-0.39, 0.29) is 5.82 Å². The van der Waals surface area contributed by atoms with Crippen LogP contribution in [-0.4, -0.2) is 9.78 Å². The number of hydrogen-bond acceptors (Lipinski definition) is 2. The predicted molar refractivity (Wildman–Crippen MR) is 94.2 cm³/mol. The molecule has 3 aromatic rings. The lowest BCUT2D eigenvalue weighted by atomic mass is 10.0. The van der Waals surface area contributed by atoms with Crippen molar-refractivity contribution in [1.29, 1.82) is 0 Å². The van der Waals surface area contributed by atoms with E-state index in [0.29, 0.717) is 4.51 Å². The van der Waals surface area contributed by atoms with Crippen LogP contribution >= 0.6 is 12.2 Å². The highest BCUT2D eigenvalue weighted by molar-refractivity contribution is 7.71. The van der Waals surface area contributed by atoms with E-state index in [9.17, 15) is 4.39 Å². The number of halogens is 1. The highest BCUT2D eigenvalue weighted by Gasteiger charge is 2.10. The van der Waals surface area contributed by atoms with Crippen LogP contribution in [0.15, 0.2) is 60.8 Å². The van der Waals surface area contributed by atoms with Gasteiger partial charge in [-0.3, -0.25) is 4.68 Å². The third kappa shape index (κ3) is 3.37. The van der Waals surface area contributed by atoms with E-state index >= 15 is 0 Å². The summed E-state index contributed by atoms with van der Waals surface area (Å²) in [6, 6.07) is 16.4. The minimum Gasteiger partial charge on any atom is -0.271 e. The molecule has 0 aliphatic carbocycles. The van der Waals surface area contributed by atoms with E-state index in [0.717, 1.165) is 35.3 Å². The first-order valence-corrected chi connectivity index (χ1v) is 8.03. The zero-order valence-electron chi connectivity index (χ0n) is 12.9. The molecule has 4 heteroatoms. The molecule has 2 aromatic carbocycles. The topological polar surface area (TPSA) is 17.8 Å². The normalized spacial score (nSPS) is 10.7. The lowest BCUT2D eigenvalue weighted by Crippen LogP contribution is -2.06. The Labute approximate surface area is 140 Å². The van der Waals surface area contributed by atoms with Gasteiger partial charge in [0.1, 0.15) is 11.5 Å². The van der Waals surface area contributed by atoms with E-state index in [2.05, 4.69) is 12.0 Å². The van der Waals surface area contributed by atoms with Crippen molar-refractivity contribution in [2.24, 2.45) is 0 Å². The average Bonchev–Trinajstić information content (AvgIpc) is 2.58. The molecule has 3 rings (SSSR count). The molecule has 1 heterocycles. The summed E-state index contributed by atoms with van der Waals surface area (Å²) in [6.45, 7) is 2.92. The van der Waals surface area contributed by atoms with Crippen molar-refractivity contribution in [2.45, 2.75) is 19.9 Å². The van der Waals surface area contributed by atoms with Gasteiger partial charge in [-0.2, -0.15) is 5.10 Å². The van der Waals surface area contributed by atoms with E-state index < -0.39 is 0 Å². The van der Waals surface area contributed by atoms with Gasteiger partial charge in [-0.15, -0.1) is 0 Å². The molecule has 0 aliphatic rings. The molecule has 2 nitrogen and oxygen atoms in total. The first-order valence-electron chi connectivity index (χ1n) is 7.62. The fourth-order valence-corrected chi connectivity index (χ4v) is 2.83. The summed E-state index contributed by atoms with van der Waals surface area (Å²) in [7, 11) is 0. The summed E-state index contributed by atoms with van der Waals surface area (Å²) in [5, 5.41) is 4.64. The summed E-state index contributed by atoms with van der Waals surface area (Å²) < 4.78 is 15.8. The standard InChI is InChI=1S/C19H17FN2S/c1-2-12-22-13-17(14-6-4-3-5-7-14)19(23)18(21-22)15-8-10-16(20)11-9-15/h3-11,13H,2,12H2,1H3. The summed E-state index contributed by atoms with van der Waals surface area (Å²) >= 11 is 5.66. The highest BCUT2D eigenvalue weighted by atomic mass is 32.1. The predicted octanol–water partition coefficient (Wildman–Crippen LogP) is 5.50. The molecule has 0 radical (unpaired) electrons. The fourth-order valence-electron chi connectivity index (χ4n) is 2.50. The van der Waals surface area contributed by atoms with Gasteiger partial charge in [-0.1, -0.05) is 49.5 Å². The number of benzene rings is 2. The van der Waals surface area contributed by atoms with Crippen LogP contribution in [0.25, 0.3) is 22.4 Å². The third-order valence-corrected chi connectivity index (χ3v) is 4.03. The van der Waals surface area contributed by atoms with Crippen LogP contribution in [0, 0.1) is 10.3 Å². The van der Waals surface area contributed by atoms with Gasteiger partial charge >= 0.3 is 0 Å². The van der Waals surface area contributed by atoms with Gasteiger partial charge in [-0.25, -0.2) is 4.39 Å². The van der Waals surface area contributed by atoms with Crippen molar-refractivity contribution in [3.05, 3.63) is 71.1 Å². The largest absolute Gasteiger partial charge is 0.271 e. The first kappa shape index (κ1) is 15.6. The molecular formula is C19H17FN2S. The quantitative estimate of drug-likeness (QED) is 0.590. The molecule has 0 atom stereocenters. The van der Waals surface area contributed by atoms with Crippen LogP contribution in [0.1, 0.15) is 13.3 Å². The van der Waals surface area contributed by atoms with Gasteiger partial charge in [0, 0.05) is 23.9 Å². The number of rotatable bonds is 4. The van der Waals surface area contributed by atoms with Crippen LogP contribution in [0.4, 0.5) is 4.39 Å². The summed E-state index contributed by atoms with van der Waals surface area (Å²) in [5.74, 6) is -0.264. The Balaban J connectivity index is 2.21. The smallest absolute Gasteiger partial charge is 0.123 e. The van der Waals surface area contributed by atoms with Crippen molar-refractivity contribution in [2.75, 3.05) is 0 Å². The minimum atomic E-state index is -0.264. The Morgan fingerprint density at radius 1 is 1.00 bits per heavy atom. The summed E-state index contributed by atoms with van der Waals surface area (Å²) in [5.41, 5.74) is 3.59. The maximum absolute atomic E-state index is 13.2. The maximum atomic E-state index is 13.2. The van der Waals surface area contributed by atoms with Crippen molar-refractivity contribution in [1.82, 2.24) is 9.78 Å². The molecule has 0 spiro atoms. The Morgan fingerprint density at radius 3 is 2.35 bits per heavy atom. The molecule has 0 bridgehead atoms. The van der Waals surface area contributed by atoms with Crippen LogP contribution in [0.5, 0.6) is 0 Å². The molecule has 0 amide bonds. The average molecular weight is 324 g/mol. The van der Waals surface area contributed by atoms with E-state index in [1.807, 2.05) is 41.2 Å². The van der Waals surface area contributed by atoms with E-state index in [1.54, 1.807) is 12.1 Å². The van der Waals surface area contributed by atoms with Gasteiger partial charge in [0.2, 0.25) is 0 Å². The van der Waals surface area contributed by atoms with E-state index in [1.165, 1.54) is 12.1 Å². The van der Waals surface area contributed by atoms with Crippen LogP contribution in [0.2, 0.25) is 0 Å². The second-order valence-electron chi connectivity index (χ2n) is 5.36. The Morgan fingerprint density at radius 2 is 1.70 bits per heavy atom. The van der Waals surface area contributed by atoms with Crippen molar-refractivity contribution >= 4 is 12.2 Å². The van der Waals surface area contributed by atoms with Crippen molar-refractivity contribution < 1.29 is 4.39 Å². The molecule has 0 saturated carbocycles. The second kappa shape index (κ2) is 6.84. The Hall–Kier alpha value is -2.33. The highest BCUT2D eigenvalue weighted by Crippen LogP contribution is 2.27. The van der Waals surface area contributed by atoms with Crippen molar-refractivity contribution in [3.8, 4) is 22.4 Å². The molecule has 0 fully saturated rings. The fraction of sp³-hybridized carbons (Fsp3) is 0.158. The second-order valence-corrected chi connectivity index (χ2v) is 5.76. The number of aromatic nitrogens is 2. The summed E-state index contributed by atoms with van der Waals surface area (Å²) in [6.07, 6.45) is 2.97. The van der Waals surface area contributed by atoms with Crippen LogP contribution in [-0.2, 0) is 6.54 Å². The summed E-state index contributed by atoms with van der Waals surface area (Å²) in [4.78, 5) is 0. The lowest BCUT2D eigenvalue weighted by molar-refractivity contribution is 0.591. The molecule has 116 valence electrons. The van der Waals surface area contributed by atoms with Crippen LogP contribution < -0.4 is 0 Å². The lowest BCUT2D eigenvalue weighted by Gasteiger charge is -2.12. The van der Waals surface area contributed by atoms with Crippen LogP contribution in [0.3, 0.4) is 0 Å². The maximum Gasteiger partial charge on any atom is 0.123 e. The number of hydrogen-bond donors (Lipinski definition) is 0. The zero-order valence-corrected chi connectivity index (χ0v) is 13.7. The molecule has 0 aliphatic heterocycles. The minimum absolute atomic E-state index is 0.264. The Kier molecular flexibility index (Phi) is 4.63. The molecule has 0 saturated heterocycles. The monoisotopic (exact) mass is 324 g/mol. The van der Waals surface area contributed by atoms with Gasteiger partial charge in [0.05, 0.1) is 4.51 Å². The van der Waals surface area contributed by atoms with Crippen molar-refractivity contribution in [3.63, 3.8) is 0 Å². The van der Waals surface area contributed by atoms with Gasteiger partial charge < -0.3 is 0 Å². The number of aryl methyl sites for hydroxylation is 1. The van der Waals surface area contributed by atoms with Gasteiger partial charge in [0.25, 0.3) is 0 Å². The molecule has 0 unspecified atom stereocenters. The molecule has 0 N–H and O–H groups in total. The van der Waals surface area contributed by atoms with Gasteiger partial charge in [-0.05, 0) is 36.2 Å². The molecular weight excluding hydrogens is 307 g/mol. The SMILES string of the molecule is CCCn1cc(-c2ccccc2)c(=S)c(-c2ccc(F)cc2)n1. The number of nitrogens with zero attached hydrogens (tertiary/aromatic N) is 2. The third-order valence-electron chi connectivity index (χ3n) is 3.62. The Bertz CT molecular complexity index is 855. The first-order chi connectivity index (χ1) is 11.2. The van der Waals surface area contributed by atoms with Gasteiger partial charge in [0.15, 0.2) is 0 Å².